The minimum Gasteiger partial charge on any atom is -0.454 e. The Bertz CT molecular complexity index is 1300. The highest BCUT2D eigenvalue weighted by Gasteiger charge is 2.34. The van der Waals surface area contributed by atoms with Crippen molar-refractivity contribution in [3.05, 3.63) is 64.4 Å². The summed E-state index contributed by atoms with van der Waals surface area (Å²) in [4.78, 5) is 36.1. The summed E-state index contributed by atoms with van der Waals surface area (Å²) in [6.45, 7) is 2.77. The molecule has 0 bridgehead atoms. The monoisotopic (exact) mass is 508 g/mol. The van der Waals surface area contributed by atoms with E-state index in [1.54, 1.807) is 30.3 Å². The van der Waals surface area contributed by atoms with E-state index in [0.29, 0.717) is 48.4 Å². The quantitative estimate of drug-likeness (QED) is 0.573. The van der Waals surface area contributed by atoms with E-state index in [1.807, 2.05) is 4.90 Å². The Hall–Kier alpha value is -3.66. The van der Waals surface area contributed by atoms with Crippen LogP contribution in [0.15, 0.2) is 42.5 Å². The number of rotatable bonds is 4. The average molecular weight is 509 g/mol. The predicted molar refractivity (Wildman–Crippen MR) is 134 cm³/mol. The number of nitrogens with one attached hydrogen (secondary N) is 1. The van der Waals surface area contributed by atoms with Crippen molar-refractivity contribution in [1.29, 1.82) is 0 Å². The molecule has 1 fully saturated rings. The molecule has 1 atom stereocenters. The van der Waals surface area contributed by atoms with Gasteiger partial charge >= 0.3 is 0 Å². The normalized spacial score (nSPS) is 18.6. The molecule has 1 N–H and O–H groups in total. The lowest BCUT2D eigenvalue weighted by molar-refractivity contribution is -0.133. The second kappa shape index (κ2) is 9.42. The van der Waals surface area contributed by atoms with Gasteiger partial charge < -0.3 is 19.3 Å². The topological polar surface area (TPSA) is 84.0 Å². The number of nitrogens with zero attached hydrogens (tertiary/aromatic N) is 3. The van der Waals surface area contributed by atoms with Crippen molar-refractivity contribution in [2.24, 2.45) is 0 Å². The van der Waals surface area contributed by atoms with Crippen molar-refractivity contribution in [3.63, 3.8) is 0 Å². The summed E-state index contributed by atoms with van der Waals surface area (Å²) in [6.07, 6.45) is 2.52. The number of carbonyl (C=O) groups is 2. The Balaban J connectivity index is 1.12. The van der Waals surface area contributed by atoms with Gasteiger partial charge in [0.15, 0.2) is 16.6 Å². The van der Waals surface area contributed by atoms with Gasteiger partial charge in [-0.1, -0.05) is 0 Å². The summed E-state index contributed by atoms with van der Waals surface area (Å²) in [5.74, 6) is 0.434. The van der Waals surface area contributed by atoms with Gasteiger partial charge in [-0.3, -0.25) is 14.9 Å². The van der Waals surface area contributed by atoms with E-state index in [4.69, 9.17) is 14.5 Å². The number of aryl methyl sites for hydroxylation is 1. The molecule has 8 nitrogen and oxygen atoms in total. The highest BCUT2D eigenvalue weighted by Crippen LogP contribution is 2.38. The number of benzene rings is 2. The van der Waals surface area contributed by atoms with E-state index < -0.39 is 0 Å². The van der Waals surface area contributed by atoms with Crippen LogP contribution in [0.5, 0.6) is 11.5 Å². The molecule has 3 heterocycles. The number of fused-ring (bicyclic) bond motifs is 2. The van der Waals surface area contributed by atoms with Crippen LogP contribution in [0.4, 0.5) is 15.2 Å². The molecular formula is C26H25FN4O4S. The first-order chi connectivity index (χ1) is 17.5. The second-order valence-electron chi connectivity index (χ2n) is 9.08. The third kappa shape index (κ3) is 4.37. The molecule has 1 unspecified atom stereocenters. The van der Waals surface area contributed by atoms with Crippen molar-refractivity contribution in [1.82, 2.24) is 9.88 Å². The zero-order valence-corrected chi connectivity index (χ0v) is 20.4. The van der Waals surface area contributed by atoms with Crippen LogP contribution in [0.1, 0.15) is 39.7 Å². The van der Waals surface area contributed by atoms with Crippen LogP contribution >= 0.6 is 11.3 Å². The first-order valence-corrected chi connectivity index (χ1v) is 12.9. The molecule has 3 aromatic rings. The van der Waals surface area contributed by atoms with E-state index in [9.17, 15) is 14.0 Å². The molecule has 2 aliphatic heterocycles. The molecule has 36 heavy (non-hydrogen) atoms. The van der Waals surface area contributed by atoms with E-state index >= 15 is 0 Å². The molecule has 2 aromatic carbocycles. The zero-order chi connectivity index (χ0) is 24.6. The summed E-state index contributed by atoms with van der Waals surface area (Å²) in [6, 6.07) is 11.5. The molecule has 10 heteroatoms. The highest BCUT2D eigenvalue weighted by molar-refractivity contribution is 7.16. The number of piperazine rings is 1. The number of carbonyl (C=O) groups excluding carboxylic acids is 2. The molecule has 0 spiro atoms. The van der Waals surface area contributed by atoms with Crippen LogP contribution in [0.3, 0.4) is 0 Å². The molecular weight excluding hydrogens is 483 g/mol. The number of thiazole rings is 1. The standard InChI is InChI=1S/C26H25FN4O4S/c27-17-5-7-18(8-6-17)30-10-12-31(13-11-30)25(33)19-2-1-3-22-23(19)28-26(36-22)29-24(32)16-4-9-20-21(14-16)35-15-34-20/h4-9,14,19H,1-3,10-13,15H2,(H,28,29,32). The van der Waals surface area contributed by atoms with Crippen LogP contribution in [-0.2, 0) is 11.2 Å². The van der Waals surface area contributed by atoms with Gasteiger partial charge in [-0.2, -0.15) is 0 Å². The summed E-state index contributed by atoms with van der Waals surface area (Å²) < 4.78 is 23.9. The Morgan fingerprint density at radius 3 is 2.61 bits per heavy atom. The van der Waals surface area contributed by atoms with Crippen LogP contribution in [0.25, 0.3) is 0 Å². The number of aromatic nitrogens is 1. The Morgan fingerprint density at radius 1 is 1.03 bits per heavy atom. The van der Waals surface area contributed by atoms with Crippen molar-refractivity contribution in [2.45, 2.75) is 25.2 Å². The summed E-state index contributed by atoms with van der Waals surface area (Å²) in [7, 11) is 0. The van der Waals surface area contributed by atoms with E-state index in [1.165, 1.54) is 23.5 Å². The molecule has 2 amide bonds. The molecule has 186 valence electrons. The minimum absolute atomic E-state index is 0.0913. The van der Waals surface area contributed by atoms with Crippen molar-refractivity contribution in [2.75, 3.05) is 43.2 Å². The third-order valence-corrected chi connectivity index (χ3v) is 7.94. The fourth-order valence-electron chi connectivity index (χ4n) is 4.98. The van der Waals surface area contributed by atoms with Crippen molar-refractivity contribution >= 4 is 34.0 Å². The molecule has 0 radical (unpaired) electrons. The van der Waals surface area contributed by atoms with Crippen LogP contribution < -0.4 is 19.7 Å². The lowest BCUT2D eigenvalue weighted by Crippen LogP contribution is -2.50. The average Bonchev–Trinajstić information content (AvgIpc) is 3.54. The molecule has 1 saturated heterocycles. The Labute approximate surface area is 211 Å². The fourth-order valence-corrected chi connectivity index (χ4v) is 6.04. The van der Waals surface area contributed by atoms with Crippen molar-refractivity contribution in [3.8, 4) is 11.5 Å². The molecule has 0 saturated carbocycles. The van der Waals surface area contributed by atoms with Crippen molar-refractivity contribution < 1.29 is 23.5 Å². The predicted octanol–water partition coefficient (Wildman–Crippen LogP) is 4.03. The Kier molecular flexibility index (Phi) is 5.96. The number of anilines is 2. The summed E-state index contributed by atoms with van der Waals surface area (Å²) in [5, 5.41) is 3.39. The lowest BCUT2D eigenvalue weighted by Gasteiger charge is -2.38. The van der Waals surface area contributed by atoms with E-state index in [0.717, 1.165) is 35.5 Å². The molecule has 1 aromatic heterocycles. The third-order valence-electron chi connectivity index (χ3n) is 6.89. The number of halogens is 1. The first-order valence-electron chi connectivity index (χ1n) is 12.0. The minimum atomic E-state index is -0.293. The van der Waals surface area contributed by atoms with Gasteiger partial charge in [-0.25, -0.2) is 9.37 Å². The summed E-state index contributed by atoms with van der Waals surface area (Å²) in [5.41, 5.74) is 2.21. The van der Waals surface area contributed by atoms with Gasteiger partial charge in [0.25, 0.3) is 5.91 Å². The van der Waals surface area contributed by atoms with Gasteiger partial charge in [0.05, 0.1) is 11.6 Å². The van der Waals surface area contributed by atoms with Gasteiger partial charge in [0.1, 0.15) is 5.82 Å². The second-order valence-corrected chi connectivity index (χ2v) is 10.2. The van der Waals surface area contributed by atoms with Gasteiger partial charge in [-0.05, 0) is 61.7 Å². The van der Waals surface area contributed by atoms with Gasteiger partial charge in [0.2, 0.25) is 12.7 Å². The van der Waals surface area contributed by atoms with Gasteiger partial charge in [0, 0.05) is 42.3 Å². The molecule has 1 aliphatic carbocycles. The largest absolute Gasteiger partial charge is 0.454 e. The Morgan fingerprint density at radius 2 is 1.81 bits per heavy atom. The number of ether oxygens (including phenoxy) is 2. The first kappa shape index (κ1) is 22.8. The zero-order valence-electron chi connectivity index (χ0n) is 19.5. The maximum Gasteiger partial charge on any atom is 0.257 e. The maximum atomic E-state index is 13.5. The SMILES string of the molecule is O=C(Nc1nc2c(s1)CCCC2C(=O)N1CCN(c2ccc(F)cc2)CC1)c1ccc2c(c1)OCO2. The van der Waals surface area contributed by atoms with Gasteiger partial charge in [-0.15, -0.1) is 11.3 Å². The number of hydrogen-bond acceptors (Lipinski definition) is 7. The van der Waals surface area contributed by atoms with Crippen LogP contribution in [0.2, 0.25) is 0 Å². The number of hydrogen-bond donors (Lipinski definition) is 1. The van der Waals surface area contributed by atoms with E-state index in [-0.39, 0.29) is 30.3 Å². The molecule has 6 rings (SSSR count). The maximum absolute atomic E-state index is 13.5. The van der Waals surface area contributed by atoms with Crippen LogP contribution in [0, 0.1) is 5.82 Å². The highest BCUT2D eigenvalue weighted by atomic mass is 32.1. The number of amides is 2. The lowest BCUT2D eigenvalue weighted by atomic mass is 9.89. The molecule has 3 aliphatic rings. The smallest absolute Gasteiger partial charge is 0.257 e. The fraction of sp³-hybridized carbons (Fsp3) is 0.346. The van der Waals surface area contributed by atoms with E-state index in [2.05, 4.69) is 10.2 Å². The summed E-state index contributed by atoms with van der Waals surface area (Å²) >= 11 is 1.44. The van der Waals surface area contributed by atoms with Crippen LogP contribution in [-0.4, -0.2) is 54.7 Å².